The van der Waals surface area contributed by atoms with Gasteiger partial charge in [-0.05, 0) is 52.8 Å². The first-order valence-electron chi connectivity index (χ1n) is 7.55. The summed E-state index contributed by atoms with van der Waals surface area (Å²) < 4.78 is 12.9. The molecule has 0 aromatic heterocycles. The van der Waals surface area contributed by atoms with Crippen LogP contribution in [0.4, 0.5) is 4.39 Å². The van der Waals surface area contributed by atoms with Crippen LogP contribution in [0.15, 0.2) is 65.8 Å². The molecule has 2 aromatic carbocycles. The average molecular weight is 282 g/mol. The Kier molecular flexibility index (Phi) is 5.32. The first-order valence-corrected chi connectivity index (χ1v) is 7.55. The SMILES string of the molecule is C/C=C(\C(=C/CF)Cc1cccc2ccccc12)C(C)C. The fourth-order valence-corrected chi connectivity index (χ4v) is 2.93. The molecule has 2 aromatic rings. The fourth-order valence-electron chi connectivity index (χ4n) is 2.93. The minimum Gasteiger partial charge on any atom is -0.247 e. The predicted octanol–water partition coefficient (Wildman–Crippen LogP) is 5.88. The number of fused-ring (bicyclic) bond motifs is 1. The predicted molar refractivity (Wildman–Crippen MR) is 90.3 cm³/mol. The topological polar surface area (TPSA) is 0 Å². The van der Waals surface area contributed by atoms with E-state index in [1.165, 1.54) is 21.9 Å². The van der Waals surface area contributed by atoms with Gasteiger partial charge in [-0.2, -0.15) is 0 Å². The zero-order chi connectivity index (χ0) is 15.2. The molecule has 0 bridgehead atoms. The molecular weight excluding hydrogens is 259 g/mol. The van der Waals surface area contributed by atoms with Crippen LogP contribution in [0.1, 0.15) is 26.3 Å². The van der Waals surface area contributed by atoms with E-state index in [1.807, 2.05) is 6.92 Å². The maximum absolute atomic E-state index is 12.9. The van der Waals surface area contributed by atoms with Gasteiger partial charge in [0, 0.05) is 0 Å². The van der Waals surface area contributed by atoms with Crippen molar-refractivity contribution in [3.05, 3.63) is 71.3 Å². The van der Waals surface area contributed by atoms with Gasteiger partial charge in [-0.1, -0.05) is 62.4 Å². The molecule has 0 heterocycles. The second kappa shape index (κ2) is 7.21. The van der Waals surface area contributed by atoms with Gasteiger partial charge in [0.25, 0.3) is 0 Å². The van der Waals surface area contributed by atoms with Crippen LogP contribution in [0, 0.1) is 5.92 Å². The molecule has 0 aliphatic heterocycles. The highest BCUT2D eigenvalue weighted by molar-refractivity contribution is 5.86. The van der Waals surface area contributed by atoms with Crippen LogP contribution in [0.3, 0.4) is 0 Å². The number of halogens is 1. The molecule has 0 amide bonds. The average Bonchev–Trinajstić information content (AvgIpc) is 2.48. The van der Waals surface area contributed by atoms with E-state index in [4.69, 9.17) is 0 Å². The van der Waals surface area contributed by atoms with Gasteiger partial charge in [0.05, 0.1) is 0 Å². The Morgan fingerprint density at radius 2 is 1.81 bits per heavy atom. The van der Waals surface area contributed by atoms with Crippen molar-refractivity contribution in [3.8, 4) is 0 Å². The molecular formula is C20H23F. The second-order valence-corrected chi connectivity index (χ2v) is 5.60. The second-order valence-electron chi connectivity index (χ2n) is 5.60. The molecule has 0 radical (unpaired) electrons. The zero-order valence-corrected chi connectivity index (χ0v) is 13.1. The summed E-state index contributed by atoms with van der Waals surface area (Å²) in [6, 6.07) is 14.7. The minimum atomic E-state index is -0.413. The van der Waals surface area contributed by atoms with Crippen LogP contribution >= 0.6 is 0 Å². The van der Waals surface area contributed by atoms with Crippen LogP contribution in [0.5, 0.6) is 0 Å². The van der Waals surface area contributed by atoms with Gasteiger partial charge in [-0.25, -0.2) is 4.39 Å². The molecule has 110 valence electrons. The third kappa shape index (κ3) is 3.60. The molecule has 0 atom stereocenters. The summed E-state index contributed by atoms with van der Waals surface area (Å²) in [7, 11) is 0. The molecule has 0 spiro atoms. The first kappa shape index (κ1) is 15.5. The van der Waals surface area contributed by atoms with Crippen LogP contribution in [0.2, 0.25) is 0 Å². The third-order valence-corrected chi connectivity index (χ3v) is 3.89. The smallest absolute Gasteiger partial charge is 0.108 e. The van der Waals surface area contributed by atoms with Crippen molar-refractivity contribution in [2.75, 3.05) is 6.67 Å². The van der Waals surface area contributed by atoms with Crippen molar-refractivity contribution in [1.82, 2.24) is 0 Å². The highest BCUT2D eigenvalue weighted by atomic mass is 19.1. The normalized spacial score (nSPS) is 13.2. The summed E-state index contributed by atoms with van der Waals surface area (Å²) in [5, 5.41) is 2.49. The monoisotopic (exact) mass is 282 g/mol. The Hall–Kier alpha value is -1.89. The number of hydrogen-bond donors (Lipinski definition) is 0. The van der Waals surface area contributed by atoms with Gasteiger partial charge in [0.2, 0.25) is 0 Å². The first-order chi connectivity index (χ1) is 10.2. The molecule has 0 N–H and O–H groups in total. The van der Waals surface area contributed by atoms with E-state index in [0.717, 1.165) is 12.0 Å². The maximum Gasteiger partial charge on any atom is 0.108 e. The van der Waals surface area contributed by atoms with Crippen LogP contribution < -0.4 is 0 Å². The van der Waals surface area contributed by atoms with Gasteiger partial charge in [-0.15, -0.1) is 0 Å². The van der Waals surface area contributed by atoms with E-state index in [1.54, 1.807) is 6.08 Å². The van der Waals surface area contributed by atoms with Gasteiger partial charge >= 0.3 is 0 Å². The van der Waals surface area contributed by atoms with Crippen molar-refractivity contribution in [2.45, 2.75) is 27.2 Å². The molecule has 0 aliphatic rings. The lowest BCUT2D eigenvalue weighted by molar-refractivity contribution is 0.558. The Morgan fingerprint density at radius 1 is 1.10 bits per heavy atom. The van der Waals surface area contributed by atoms with Crippen molar-refractivity contribution in [3.63, 3.8) is 0 Å². The number of allylic oxidation sites excluding steroid dienone is 4. The largest absolute Gasteiger partial charge is 0.247 e. The number of rotatable bonds is 5. The molecule has 0 saturated heterocycles. The van der Waals surface area contributed by atoms with Crippen molar-refractivity contribution >= 4 is 10.8 Å². The van der Waals surface area contributed by atoms with Crippen molar-refractivity contribution in [2.24, 2.45) is 5.92 Å². The lowest BCUT2D eigenvalue weighted by Crippen LogP contribution is -2.02. The molecule has 2 rings (SSSR count). The minimum absolute atomic E-state index is 0.405. The number of alkyl halides is 1. The standard InChI is InChI=1S/C20H23F/c1-4-19(15(2)3)18(12-13-21)14-17-10-7-9-16-8-5-6-11-20(16)17/h4-12,15H,13-14H2,1-3H3/b18-12-,19-4-. The van der Waals surface area contributed by atoms with Crippen LogP contribution in [0.25, 0.3) is 10.8 Å². The van der Waals surface area contributed by atoms with E-state index in [2.05, 4.69) is 62.4 Å². The molecule has 1 heteroatoms. The highest BCUT2D eigenvalue weighted by Gasteiger charge is 2.11. The highest BCUT2D eigenvalue weighted by Crippen LogP contribution is 2.27. The van der Waals surface area contributed by atoms with Gasteiger partial charge in [0.1, 0.15) is 6.67 Å². The van der Waals surface area contributed by atoms with Crippen molar-refractivity contribution in [1.29, 1.82) is 0 Å². The summed E-state index contributed by atoms with van der Waals surface area (Å²) in [6.45, 7) is 5.93. The summed E-state index contributed by atoms with van der Waals surface area (Å²) in [4.78, 5) is 0. The maximum atomic E-state index is 12.9. The van der Waals surface area contributed by atoms with E-state index >= 15 is 0 Å². The van der Waals surface area contributed by atoms with Gasteiger partial charge < -0.3 is 0 Å². The molecule has 0 fully saturated rings. The number of benzene rings is 2. The Bertz CT molecular complexity index is 657. The molecule has 21 heavy (non-hydrogen) atoms. The molecule has 0 aliphatic carbocycles. The summed E-state index contributed by atoms with van der Waals surface area (Å²) in [6.07, 6.45) is 4.61. The molecule has 0 nitrogen and oxygen atoms in total. The van der Waals surface area contributed by atoms with E-state index in [0.29, 0.717) is 5.92 Å². The van der Waals surface area contributed by atoms with Crippen LogP contribution in [-0.2, 0) is 6.42 Å². The summed E-state index contributed by atoms with van der Waals surface area (Å²) in [5.41, 5.74) is 3.60. The summed E-state index contributed by atoms with van der Waals surface area (Å²) in [5.74, 6) is 0.405. The van der Waals surface area contributed by atoms with Crippen LogP contribution in [-0.4, -0.2) is 6.67 Å². The summed E-state index contributed by atoms with van der Waals surface area (Å²) >= 11 is 0. The molecule has 0 saturated carbocycles. The lowest BCUT2D eigenvalue weighted by Gasteiger charge is -2.16. The Labute approximate surface area is 127 Å². The zero-order valence-electron chi connectivity index (χ0n) is 13.1. The Morgan fingerprint density at radius 3 is 2.48 bits per heavy atom. The molecule has 0 unspecified atom stereocenters. The van der Waals surface area contributed by atoms with E-state index in [9.17, 15) is 4.39 Å². The fraction of sp³-hybridized carbons (Fsp3) is 0.300. The van der Waals surface area contributed by atoms with Gasteiger partial charge in [-0.3, -0.25) is 0 Å². The third-order valence-electron chi connectivity index (χ3n) is 3.89. The van der Waals surface area contributed by atoms with E-state index in [-0.39, 0.29) is 0 Å². The van der Waals surface area contributed by atoms with Crippen molar-refractivity contribution < 1.29 is 4.39 Å². The van der Waals surface area contributed by atoms with E-state index < -0.39 is 6.67 Å². The van der Waals surface area contributed by atoms with Gasteiger partial charge in [0.15, 0.2) is 0 Å². The quantitative estimate of drug-likeness (QED) is 0.601. The number of hydrogen-bond acceptors (Lipinski definition) is 0. The Balaban J connectivity index is 2.43. The lowest BCUT2D eigenvalue weighted by atomic mass is 9.89.